The Labute approximate surface area is 284 Å². The number of benzene rings is 2. The van der Waals surface area contributed by atoms with Crippen molar-refractivity contribution in [1.29, 1.82) is 0 Å². The highest BCUT2D eigenvalue weighted by Gasteiger charge is 2.61. The Kier molecular flexibility index (Phi) is 9.12. The Morgan fingerprint density at radius 2 is 1.60 bits per heavy atom. The fourth-order valence-corrected chi connectivity index (χ4v) is 9.95. The van der Waals surface area contributed by atoms with Crippen molar-refractivity contribution in [2.45, 2.75) is 60.8 Å². The standard InChI is InChI=1S/C30H25F8N5O4S3/c31-19-6-2-5-18(29(33,34)35)25(19)50(46,47)43-20-7-1-4-17(22(20)32)23-24(48-26(42-23)28(11-3-12-28)30(36,37)38)21-8-13-39-27(41-21)40-16-9-14-49(44,45)15-10-16/h1-2,4-8,13,16,43H,3,9-12,14-15H2,(H,39,40,41). The molecule has 2 N–H and O–H groups in total. The average molecular weight is 768 g/mol. The Morgan fingerprint density at radius 1 is 0.920 bits per heavy atom. The molecule has 0 radical (unpaired) electrons. The van der Waals surface area contributed by atoms with Crippen LogP contribution in [0, 0.1) is 11.6 Å². The van der Waals surface area contributed by atoms with Crippen LogP contribution in [-0.2, 0) is 31.5 Å². The molecule has 1 saturated carbocycles. The molecular weight excluding hydrogens is 743 g/mol. The number of hydrogen-bond acceptors (Lipinski definition) is 9. The SMILES string of the molecule is O=S1(=O)CCC(Nc2nccc(-c3sc(C4(C(F)(F)F)CCC4)nc3-c3cccc(NS(=O)(=O)c4c(F)cccc4C(F)(F)F)c3F)n2)CC1. The van der Waals surface area contributed by atoms with Gasteiger partial charge in [-0.15, -0.1) is 11.3 Å². The van der Waals surface area contributed by atoms with Gasteiger partial charge < -0.3 is 5.32 Å². The first-order chi connectivity index (χ1) is 23.3. The molecule has 1 aliphatic heterocycles. The number of hydrogen-bond donors (Lipinski definition) is 2. The van der Waals surface area contributed by atoms with E-state index < -0.39 is 76.0 Å². The number of rotatable bonds is 8. The maximum Gasteiger partial charge on any atom is 0.417 e. The summed E-state index contributed by atoms with van der Waals surface area (Å²) < 4.78 is 166. The van der Waals surface area contributed by atoms with Crippen molar-refractivity contribution in [2.75, 3.05) is 21.5 Å². The molecule has 6 rings (SSSR count). The van der Waals surface area contributed by atoms with Gasteiger partial charge in [-0.3, -0.25) is 4.72 Å². The molecule has 3 heterocycles. The molecule has 0 bridgehead atoms. The van der Waals surface area contributed by atoms with E-state index in [1.54, 1.807) is 4.72 Å². The smallest absolute Gasteiger partial charge is 0.351 e. The van der Waals surface area contributed by atoms with Crippen LogP contribution >= 0.6 is 11.3 Å². The second-order valence-electron chi connectivity index (χ2n) is 11.9. The zero-order chi connectivity index (χ0) is 36.3. The van der Waals surface area contributed by atoms with Gasteiger partial charge in [0.15, 0.2) is 5.82 Å². The predicted octanol–water partition coefficient (Wildman–Crippen LogP) is 7.34. The molecule has 2 aliphatic rings. The van der Waals surface area contributed by atoms with E-state index in [4.69, 9.17) is 0 Å². The van der Waals surface area contributed by atoms with Gasteiger partial charge in [0.1, 0.15) is 31.0 Å². The third kappa shape index (κ3) is 6.75. The van der Waals surface area contributed by atoms with Crippen molar-refractivity contribution in [2.24, 2.45) is 0 Å². The van der Waals surface area contributed by atoms with Crippen LogP contribution < -0.4 is 10.0 Å². The third-order valence-corrected chi connectivity index (χ3v) is 13.0. The van der Waals surface area contributed by atoms with E-state index >= 15 is 4.39 Å². The van der Waals surface area contributed by atoms with Crippen molar-refractivity contribution in [3.8, 4) is 21.8 Å². The molecule has 1 aliphatic carbocycles. The first kappa shape index (κ1) is 35.9. The van der Waals surface area contributed by atoms with Crippen molar-refractivity contribution < 1.29 is 52.0 Å². The Hall–Kier alpha value is -3.91. The lowest BCUT2D eigenvalue weighted by Gasteiger charge is -2.41. The zero-order valence-corrected chi connectivity index (χ0v) is 27.8. The fourth-order valence-electron chi connectivity index (χ4n) is 5.80. The number of thiazole rings is 1. The largest absolute Gasteiger partial charge is 0.417 e. The van der Waals surface area contributed by atoms with Crippen LogP contribution in [0.1, 0.15) is 42.7 Å². The molecule has 20 heteroatoms. The highest BCUT2D eigenvalue weighted by molar-refractivity contribution is 7.92. The second kappa shape index (κ2) is 12.7. The van der Waals surface area contributed by atoms with Crippen molar-refractivity contribution in [3.63, 3.8) is 0 Å². The van der Waals surface area contributed by atoms with E-state index in [-0.39, 0.29) is 71.9 Å². The van der Waals surface area contributed by atoms with E-state index in [9.17, 15) is 47.6 Å². The van der Waals surface area contributed by atoms with Gasteiger partial charge in [-0.25, -0.2) is 40.6 Å². The van der Waals surface area contributed by atoms with Gasteiger partial charge in [0, 0.05) is 17.8 Å². The van der Waals surface area contributed by atoms with Crippen LogP contribution in [0.3, 0.4) is 0 Å². The molecule has 0 atom stereocenters. The summed E-state index contributed by atoms with van der Waals surface area (Å²) in [5, 5.41) is 2.60. The lowest BCUT2D eigenvalue weighted by atomic mass is 9.68. The third-order valence-electron chi connectivity index (χ3n) is 8.60. The molecular formula is C30H25F8N5O4S3. The van der Waals surface area contributed by atoms with E-state index in [0.717, 1.165) is 18.2 Å². The number of aromatic nitrogens is 3. The van der Waals surface area contributed by atoms with Crippen LogP contribution in [0.4, 0.5) is 46.8 Å². The van der Waals surface area contributed by atoms with Gasteiger partial charge in [0.05, 0.1) is 39.0 Å². The molecule has 1 saturated heterocycles. The number of nitrogens with zero attached hydrogens (tertiary/aromatic N) is 3. The van der Waals surface area contributed by atoms with Crippen LogP contribution in [0.25, 0.3) is 21.8 Å². The molecule has 268 valence electrons. The van der Waals surface area contributed by atoms with Gasteiger partial charge in [-0.1, -0.05) is 18.6 Å². The van der Waals surface area contributed by atoms with Crippen molar-refractivity contribution in [1.82, 2.24) is 15.0 Å². The number of sulfonamides is 1. The Bertz CT molecular complexity index is 2160. The summed E-state index contributed by atoms with van der Waals surface area (Å²) in [5.41, 5.74) is -5.99. The first-order valence-corrected chi connectivity index (χ1v) is 19.0. The first-order valence-electron chi connectivity index (χ1n) is 14.9. The molecule has 9 nitrogen and oxygen atoms in total. The summed E-state index contributed by atoms with van der Waals surface area (Å²) in [6.07, 6.45) is -8.59. The molecule has 2 fully saturated rings. The van der Waals surface area contributed by atoms with Gasteiger partial charge in [0.25, 0.3) is 10.0 Å². The maximum absolute atomic E-state index is 16.2. The summed E-state index contributed by atoms with van der Waals surface area (Å²) in [6.45, 7) is 0. The topological polar surface area (TPSA) is 131 Å². The Balaban J connectivity index is 1.43. The van der Waals surface area contributed by atoms with E-state index in [1.165, 1.54) is 12.3 Å². The van der Waals surface area contributed by atoms with Crippen LogP contribution in [-0.4, -0.2) is 55.5 Å². The summed E-state index contributed by atoms with van der Waals surface area (Å²) in [4.78, 5) is 10.9. The molecule has 50 heavy (non-hydrogen) atoms. The normalized spacial score (nSPS) is 18.0. The van der Waals surface area contributed by atoms with Crippen LogP contribution in [0.15, 0.2) is 53.6 Å². The average Bonchev–Trinajstić information content (AvgIpc) is 3.42. The van der Waals surface area contributed by atoms with Gasteiger partial charge in [-0.05, 0) is 56.0 Å². The number of alkyl halides is 6. The number of anilines is 2. The summed E-state index contributed by atoms with van der Waals surface area (Å²) >= 11 is 0.594. The quantitative estimate of drug-likeness (QED) is 0.178. The van der Waals surface area contributed by atoms with Gasteiger partial charge >= 0.3 is 12.4 Å². The van der Waals surface area contributed by atoms with Crippen molar-refractivity contribution in [3.05, 3.63) is 70.9 Å². The number of nitrogens with one attached hydrogen (secondary N) is 2. The predicted molar refractivity (Wildman–Crippen MR) is 168 cm³/mol. The highest BCUT2D eigenvalue weighted by atomic mass is 32.2. The summed E-state index contributed by atoms with van der Waals surface area (Å²) in [6, 6.07) is 5.51. The molecule has 2 aromatic heterocycles. The lowest BCUT2D eigenvalue weighted by molar-refractivity contribution is -0.212. The Morgan fingerprint density at radius 3 is 2.22 bits per heavy atom. The minimum atomic E-state index is -5.42. The summed E-state index contributed by atoms with van der Waals surface area (Å²) in [7, 11) is -8.61. The van der Waals surface area contributed by atoms with Crippen LogP contribution in [0.2, 0.25) is 0 Å². The van der Waals surface area contributed by atoms with Crippen LogP contribution in [0.5, 0.6) is 0 Å². The van der Waals surface area contributed by atoms with Gasteiger partial charge in [0.2, 0.25) is 5.95 Å². The maximum atomic E-state index is 16.2. The summed E-state index contributed by atoms with van der Waals surface area (Å²) in [5.74, 6) is -3.30. The van der Waals surface area contributed by atoms with Gasteiger partial charge in [-0.2, -0.15) is 26.3 Å². The van der Waals surface area contributed by atoms with E-state index in [0.29, 0.717) is 29.5 Å². The second-order valence-corrected chi connectivity index (χ2v) is 16.8. The zero-order valence-electron chi connectivity index (χ0n) is 25.4. The van der Waals surface area contributed by atoms with Crippen molar-refractivity contribution >= 4 is 42.8 Å². The van der Waals surface area contributed by atoms with E-state index in [1.807, 2.05) is 0 Å². The molecule has 0 unspecified atom stereocenters. The fraction of sp³-hybridized carbons (Fsp3) is 0.367. The number of sulfone groups is 1. The van der Waals surface area contributed by atoms with E-state index in [2.05, 4.69) is 20.3 Å². The highest BCUT2D eigenvalue weighted by Crippen LogP contribution is 2.57. The monoisotopic (exact) mass is 767 g/mol. The minimum Gasteiger partial charge on any atom is -0.351 e. The lowest BCUT2D eigenvalue weighted by Crippen LogP contribution is -2.47. The minimum absolute atomic E-state index is 0.00730. The molecule has 0 amide bonds. The molecule has 2 aromatic carbocycles. The molecule has 0 spiro atoms. The molecule has 4 aromatic rings. The number of halogens is 8.